The zero-order valence-corrected chi connectivity index (χ0v) is 15.4. The van der Waals surface area contributed by atoms with Crippen molar-refractivity contribution in [1.82, 2.24) is 0 Å². The Morgan fingerprint density at radius 2 is 1.71 bits per heavy atom. The van der Waals surface area contributed by atoms with Crippen molar-refractivity contribution in [3.63, 3.8) is 0 Å². The number of ether oxygens (including phenoxy) is 4. The van der Waals surface area contributed by atoms with Crippen LogP contribution in [0, 0.1) is 10.1 Å². The van der Waals surface area contributed by atoms with Gasteiger partial charge in [-0.25, -0.2) is 4.79 Å². The number of benzene rings is 2. The van der Waals surface area contributed by atoms with Gasteiger partial charge in [-0.3, -0.25) is 14.9 Å². The number of nitro benzene ring substituents is 1. The molecular weight excluding hydrogens is 429 g/mol. The third kappa shape index (κ3) is 5.74. The van der Waals surface area contributed by atoms with Gasteiger partial charge in [0.25, 0.3) is 11.6 Å². The first kappa shape index (κ1) is 21.7. The fraction of sp³-hybridized carbons (Fsp3) is 0.222. The molecule has 0 aromatic heterocycles. The minimum atomic E-state index is -4.85. The van der Waals surface area contributed by atoms with E-state index in [4.69, 9.17) is 14.2 Å². The average molecular weight is 442 g/mol. The Hall–Kier alpha value is -4.03. The molecule has 164 valence electrons. The second-order valence-corrected chi connectivity index (χ2v) is 5.97. The number of rotatable bonds is 6. The highest BCUT2D eigenvalue weighted by Crippen LogP contribution is 2.36. The number of fused-ring (bicyclic) bond motifs is 1. The minimum Gasteiger partial charge on any atom is -0.486 e. The Bertz CT molecular complexity index is 1010. The van der Waals surface area contributed by atoms with Crippen LogP contribution in [0.4, 0.5) is 24.5 Å². The van der Waals surface area contributed by atoms with E-state index in [-0.39, 0.29) is 30.4 Å². The van der Waals surface area contributed by atoms with Crippen LogP contribution < -0.4 is 19.5 Å². The van der Waals surface area contributed by atoms with Gasteiger partial charge in [-0.05, 0) is 24.3 Å². The van der Waals surface area contributed by atoms with E-state index in [0.29, 0.717) is 0 Å². The summed E-state index contributed by atoms with van der Waals surface area (Å²) in [5.74, 6) is -2.23. The molecule has 1 aliphatic rings. The van der Waals surface area contributed by atoms with Crippen molar-refractivity contribution in [2.75, 3.05) is 25.1 Å². The lowest BCUT2D eigenvalue weighted by atomic mass is 10.1. The van der Waals surface area contributed by atoms with Gasteiger partial charge in [-0.1, -0.05) is 0 Å². The van der Waals surface area contributed by atoms with Crippen molar-refractivity contribution in [3.05, 3.63) is 52.1 Å². The summed E-state index contributed by atoms with van der Waals surface area (Å²) in [6.45, 7) is -0.419. The molecule has 1 heterocycles. The van der Waals surface area contributed by atoms with Crippen molar-refractivity contribution in [3.8, 4) is 17.2 Å². The Morgan fingerprint density at radius 1 is 1.10 bits per heavy atom. The first-order valence-corrected chi connectivity index (χ1v) is 8.53. The molecule has 0 unspecified atom stereocenters. The van der Waals surface area contributed by atoms with Gasteiger partial charge in [0.1, 0.15) is 24.5 Å². The zero-order chi connectivity index (χ0) is 22.6. The predicted octanol–water partition coefficient (Wildman–Crippen LogP) is 3.06. The van der Waals surface area contributed by atoms with Crippen LogP contribution in [0.5, 0.6) is 17.2 Å². The number of nitro groups is 1. The van der Waals surface area contributed by atoms with Crippen LogP contribution in [0.2, 0.25) is 0 Å². The number of amides is 1. The van der Waals surface area contributed by atoms with Gasteiger partial charge in [-0.15, -0.1) is 13.2 Å². The van der Waals surface area contributed by atoms with Crippen molar-refractivity contribution >= 4 is 23.3 Å². The Balaban J connectivity index is 1.61. The molecule has 0 saturated heterocycles. The van der Waals surface area contributed by atoms with Gasteiger partial charge >= 0.3 is 12.3 Å². The van der Waals surface area contributed by atoms with Gasteiger partial charge in [0.15, 0.2) is 18.1 Å². The molecule has 13 heteroatoms. The van der Waals surface area contributed by atoms with Crippen LogP contribution in [0.3, 0.4) is 0 Å². The number of hydrogen-bond donors (Lipinski definition) is 1. The van der Waals surface area contributed by atoms with E-state index in [1.165, 1.54) is 0 Å². The second-order valence-electron chi connectivity index (χ2n) is 5.97. The highest BCUT2D eigenvalue weighted by Gasteiger charge is 2.31. The van der Waals surface area contributed by atoms with Gasteiger partial charge in [0, 0.05) is 11.8 Å². The number of anilines is 1. The maximum absolute atomic E-state index is 12.3. The van der Waals surface area contributed by atoms with Crippen LogP contribution in [0.15, 0.2) is 36.4 Å². The minimum absolute atomic E-state index is 0.102. The first-order valence-electron chi connectivity index (χ1n) is 8.53. The van der Waals surface area contributed by atoms with Crippen LogP contribution >= 0.6 is 0 Å². The maximum Gasteiger partial charge on any atom is 0.573 e. The Labute approximate surface area is 171 Å². The topological polar surface area (TPSA) is 126 Å². The maximum atomic E-state index is 12.3. The summed E-state index contributed by atoms with van der Waals surface area (Å²) in [6, 6.07) is 6.36. The Morgan fingerprint density at radius 3 is 2.29 bits per heavy atom. The van der Waals surface area contributed by atoms with E-state index in [1.54, 1.807) is 0 Å². The number of halogens is 3. The van der Waals surface area contributed by atoms with E-state index in [0.717, 1.165) is 36.4 Å². The molecule has 2 aromatic carbocycles. The fourth-order valence-corrected chi connectivity index (χ4v) is 2.54. The SMILES string of the molecule is O=C(COC(=O)c1cc2c(cc1[N+](=O)[O-])OCCO2)Nc1ccc(OC(F)(F)F)cc1. The standard InChI is InChI=1S/C18H13F3N2O8/c19-18(20,21)31-11-3-1-10(2-4-11)22-16(24)9-30-17(25)12-7-14-15(29-6-5-28-14)8-13(12)23(26)27/h1-4,7-8H,5-6,9H2,(H,22,24). The molecule has 3 rings (SSSR count). The largest absolute Gasteiger partial charge is 0.573 e. The van der Waals surface area contributed by atoms with E-state index >= 15 is 0 Å². The summed E-state index contributed by atoms with van der Waals surface area (Å²) in [4.78, 5) is 34.6. The van der Waals surface area contributed by atoms with Crippen molar-refractivity contribution in [2.24, 2.45) is 0 Å². The third-order valence-corrected chi connectivity index (χ3v) is 3.78. The lowest BCUT2D eigenvalue weighted by Gasteiger charge is -2.18. The molecule has 1 N–H and O–H groups in total. The van der Waals surface area contributed by atoms with Gasteiger partial charge in [-0.2, -0.15) is 0 Å². The highest BCUT2D eigenvalue weighted by atomic mass is 19.4. The second kappa shape index (κ2) is 8.77. The van der Waals surface area contributed by atoms with Crippen molar-refractivity contribution < 1.29 is 46.6 Å². The fourth-order valence-electron chi connectivity index (χ4n) is 2.54. The smallest absolute Gasteiger partial charge is 0.486 e. The number of carbonyl (C=O) groups excluding carboxylic acids is 2. The number of carbonyl (C=O) groups is 2. The normalized spacial score (nSPS) is 12.6. The Kier molecular flexibility index (Phi) is 6.13. The summed E-state index contributed by atoms with van der Waals surface area (Å²) in [5.41, 5.74) is -0.911. The van der Waals surface area contributed by atoms with E-state index in [9.17, 15) is 32.9 Å². The van der Waals surface area contributed by atoms with Gasteiger partial charge in [0.2, 0.25) is 0 Å². The zero-order valence-electron chi connectivity index (χ0n) is 15.4. The summed E-state index contributed by atoms with van der Waals surface area (Å²) < 4.78 is 55.4. The number of alkyl halides is 3. The quantitative estimate of drug-likeness (QED) is 0.411. The molecule has 31 heavy (non-hydrogen) atoms. The number of esters is 1. The molecular formula is C18H13F3N2O8. The molecule has 1 aliphatic heterocycles. The molecule has 0 spiro atoms. The van der Waals surface area contributed by atoms with E-state index in [2.05, 4.69) is 10.1 Å². The molecule has 0 saturated carbocycles. The van der Waals surface area contributed by atoms with Crippen LogP contribution in [0.25, 0.3) is 0 Å². The third-order valence-electron chi connectivity index (χ3n) is 3.78. The average Bonchev–Trinajstić information content (AvgIpc) is 2.71. The summed E-state index contributed by atoms with van der Waals surface area (Å²) in [5, 5.41) is 13.5. The number of hydrogen-bond acceptors (Lipinski definition) is 8. The predicted molar refractivity (Wildman–Crippen MR) is 96.1 cm³/mol. The van der Waals surface area contributed by atoms with Crippen molar-refractivity contribution in [1.29, 1.82) is 0 Å². The molecule has 0 radical (unpaired) electrons. The lowest BCUT2D eigenvalue weighted by molar-refractivity contribution is -0.385. The number of nitrogens with zero attached hydrogens (tertiary/aromatic N) is 1. The highest BCUT2D eigenvalue weighted by molar-refractivity contribution is 5.98. The summed E-state index contributed by atoms with van der Waals surface area (Å²) in [6.07, 6.45) is -4.85. The van der Waals surface area contributed by atoms with Crippen LogP contribution in [0.1, 0.15) is 10.4 Å². The summed E-state index contributed by atoms with van der Waals surface area (Å²) in [7, 11) is 0. The van der Waals surface area contributed by atoms with E-state index < -0.39 is 46.8 Å². The molecule has 0 fully saturated rings. The summed E-state index contributed by atoms with van der Waals surface area (Å²) >= 11 is 0. The molecule has 2 aromatic rings. The molecule has 0 atom stereocenters. The molecule has 1 amide bonds. The number of nitrogens with one attached hydrogen (secondary N) is 1. The molecule has 0 bridgehead atoms. The van der Waals surface area contributed by atoms with Crippen LogP contribution in [-0.4, -0.2) is 43.0 Å². The van der Waals surface area contributed by atoms with Crippen molar-refractivity contribution in [2.45, 2.75) is 6.36 Å². The van der Waals surface area contributed by atoms with Gasteiger partial charge < -0.3 is 24.3 Å². The van der Waals surface area contributed by atoms with E-state index in [1.807, 2.05) is 0 Å². The van der Waals surface area contributed by atoms with Gasteiger partial charge in [0.05, 0.1) is 11.0 Å². The lowest BCUT2D eigenvalue weighted by Crippen LogP contribution is -2.22. The molecule has 10 nitrogen and oxygen atoms in total. The monoisotopic (exact) mass is 442 g/mol. The first-order chi connectivity index (χ1) is 14.6. The molecule has 0 aliphatic carbocycles. The van der Waals surface area contributed by atoms with Crippen LogP contribution in [-0.2, 0) is 9.53 Å².